The smallest absolute Gasteiger partial charge is 0.00965 e. The van der Waals surface area contributed by atoms with E-state index in [2.05, 4.69) is 65.1 Å². The number of benzene rings is 1. The zero-order valence-electron chi connectivity index (χ0n) is 15.1. The third kappa shape index (κ3) is 7.13. The first-order valence-corrected chi connectivity index (χ1v) is 8.71. The van der Waals surface area contributed by atoms with E-state index in [-0.39, 0.29) is 5.54 Å². The summed E-state index contributed by atoms with van der Waals surface area (Å²) in [5, 5.41) is 3.58. The Balaban J connectivity index is 2.40. The fraction of sp³-hybridized carbons (Fsp3) is 0.700. The Morgan fingerprint density at radius 3 is 2.24 bits per heavy atom. The second kappa shape index (κ2) is 8.58. The van der Waals surface area contributed by atoms with E-state index in [1.165, 1.54) is 36.0 Å². The van der Waals surface area contributed by atoms with Crippen molar-refractivity contribution >= 4 is 0 Å². The lowest BCUT2D eigenvalue weighted by Crippen LogP contribution is -2.36. The molecule has 0 aliphatic heterocycles. The van der Waals surface area contributed by atoms with Crippen molar-refractivity contribution in [3.8, 4) is 0 Å². The molecule has 0 saturated carbocycles. The van der Waals surface area contributed by atoms with Crippen molar-refractivity contribution in [2.24, 2.45) is 5.92 Å². The molecule has 0 radical (unpaired) electrons. The largest absolute Gasteiger partial charge is 0.312 e. The van der Waals surface area contributed by atoms with E-state index in [4.69, 9.17) is 0 Å². The minimum Gasteiger partial charge on any atom is -0.312 e. The quantitative estimate of drug-likeness (QED) is 0.697. The summed E-state index contributed by atoms with van der Waals surface area (Å²) in [4.78, 5) is 0. The maximum atomic E-state index is 3.58. The summed E-state index contributed by atoms with van der Waals surface area (Å²) < 4.78 is 0. The molecular weight excluding hydrogens is 254 g/mol. The molecule has 0 aliphatic rings. The summed E-state index contributed by atoms with van der Waals surface area (Å²) in [6, 6.07) is 7.09. The van der Waals surface area contributed by atoms with Gasteiger partial charge in [0.25, 0.3) is 0 Å². The van der Waals surface area contributed by atoms with Gasteiger partial charge in [-0.1, -0.05) is 39.0 Å². The van der Waals surface area contributed by atoms with Crippen LogP contribution in [0.3, 0.4) is 0 Å². The van der Waals surface area contributed by atoms with Gasteiger partial charge in [0.1, 0.15) is 0 Å². The molecule has 0 bridgehead atoms. The van der Waals surface area contributed by atoms with Crippen LogP contribution >= 0.6 is 0 Å². The van der Waals surface area contributed by atoms with Crippen LogP contribution in [0.15, 0.2) is 18.2 Å². The Kier molecular flexibility index (Phi) is 7.45. The molecule has 1 heteroatoms. The van der Waals surface area contributed by atoms with E-state index in [1.807, 2.05) is 0 Å². The number of hydrogen-bond acceptors (Lipinski definition) is 1. The Morgan fingerprint density at radius 1 is 1.00 bits per heavy atom. The third-order valence-corrected chi connectivity index (χ3v) is 4.25. The summed E-state index contributed by atoms with van der Waals surface area (Å²) >= 11 is 0. The minimum absolute atomic E-state index is 0.242. The summed E-state index contributed by atoms with van der Waals surface area (Å²) in [5.41, 5.74) is 4.81. The highest BCUT2D eigenvalue weighted by atomic mass is 14.9. The Morgan fingerprint density at radius 2 is 1.67 bits per heavy atom. The lowest BCUT2D eigenvalue weighted by Gasteiger charge is -2.22. The van der Waals surface area contributed by atoms with Gasteiger partial charge in [0.2, 0.25) is 0 Å². The van der Waals surface area contributed by atoms with Gasteiger partial charge in [-0.3, -0.25) is 0 Å². The molecule has 1 atom stereocenters. The molecule has 1 rings (SSSR count). The highest BCUT2D eigenvalue weighted by Gasteiger charge is 2.10. The SMILES string of the molecule is CCc1ccc(CCC(C)CCNC(C)(C)C)cc1CC. The number of aryl methyl sites for hydroxylation is 3. The van der Waals surface area contributed by atoms with Crippen LogP contribution in [0, 0.1) is 5.92 Å². The Bertz CT molecular complexity index is 414. The van der Waals surface area contributed by atoms with Gasteiger partial charge in [0.15, 0.2) is 0 Å². The summed E-state index contributed by atoms with van der Waals surface area (Å²) in [5.74, 6) is 0.788. The fourth-order valence-corrected chi connectivity index (χ4v) is 2.76. The molecule has 0 saturated heterocycles. The lowest BCUT2D eigenvalue weighted by atomic mass is 9.94. The molecule has 1 aromatic rings. The maximum Gasteiger partial charge on any atom is 0.00965 e. The molecule has 1 N–H and O–H groups in total. The van der Waals surface area contributed by atoms with E-state index >= 15 is 0 Å². The van der Waals surface area contributed by atoms with Crippen LogP contribution in [0.4, 0.5) is 0 Å². The maximum absolute atomic E-state index is 3.58. The van der Waals surface area contributed by atoms with Gasteiger partial charge in [0, 0.05) is 5.54 Å². The van der Waals surface area contributed by atoms with E-state index < -0.39 is 0 Å². The van der Waals surface area contributed by atoms with Gasteiger partial charge in [-0.15, -0.1) is 0 Å². The summed E-state index contributed by atoms with van der Waals surface area (Å²) in [6.07, 6.45) is 6.08. The summed E-state index contributed by atoms with van der Waals surface area (Å²) in [7, 11) is 0. The van der Waals surface area contributed by atoms with E-state index in [0.717, 1.165) is 25.3 Å². The molecule has 0 heterocycles. The normalized spacial score (nSPS) is 13.4. The monoisotopic (exact) mass is 289 g/mol. The highest BCUT2D eigenvalue weighted by Crippen LogP contribution is 2.18. The second-order valence-corrected chi connectivity index (χ2v) is 7.42. The number of nitrogens with one attached hydrogen (secondary N) is 1. The fourth-order valence-electron chi connectivity index (χ4n) is 2.76. The van der Waals surface area contributed by atoms with Crippen molar-refractivity contribution in [3.05, 3.63) is 34.9 Å². The van der Waals surface area contributed by atoms with Gasteiger partial charge in [-0.2, -0.15) is 0 Å². The minimum atomic E-state index is 0.242. The second-order valence-electron chi connectivity index (χ2n) is 7.42. The van der Waals surface area contributed by atoms with Gasteiger partial charge < -0.3 is 5.32 Å². The zero-order valence-corrected chi connectivity index (χ0v) is 15.1. The zero-order chi connectivity index (χ0) is 15.9. The molecule has 1 aromatic carbocycles. The van der Waals surface area contributed by atoms with Crippen molar-refractivity contribution < 1.29 is 0 Å². The number of rotatable bonds is 8. The van der Waals surface area contributed by atoms with Crippen molar-refractivity contribution in [3.63, 3.8) is 0 Å². The first-order chi connectivity index (χ1) is 9.85. The standard InChI is InChI=1S/C20H35N/c1-7-18-12-11-17(15-19(18)8-2)10-9-16(3)13-14-21-20(4,5)6/h11-12,15-16,21H,7-10,13-14H2,1-6H3. The first-order valence-electron chi connectivity index (χ1n) is 8.71. The molecule has 21 heavy (non-hydrogen) atoms. The summed E-state index contributed by atoms with van der Waals surface area (Å²) in [6.45, 7) is 14.7. The molecule has 1 nitrogen and oxygen atoms in total. The van der Waals surface area contributed by atoms with Crippen molar-refractivity contribution in [1.29, 1.82) is 0 Å². The molecule has 0 aromatic heterocycles. The van der Waals surface area contributed by atoms with Gasteiger partial charge in [-0.05, 0) is 82.0 Å². The topological polar surface area (TPSA) is 12.0 Å². The number of hydrogen-bond donors (Lipinski definition) is 1. The van der Waals surface area contributed by atoms with Crippen LogP contribution < -0.4 is 5.32 Å². The molecule has 0 spiro atoms. The molecule has 0 amide bonds. The van der Waals surface area contributed by atoms with Crippen LogP contribution in [0.2, 0.25) is 0 Å². The molecule has 0 fully saturated rings. The van der Waals surface area contributed by atoms with Gasteiger partial charge in [0.05, 0.1) is 0 Å². The molecule has 120 valence electrons. The molecule has 1 unspecified atom stereocenters. The average Bonchev–Trinajstić information content (AvgIpc) is 2.43. The van der Waals surface area contributed by atoms with Crippen molar-refractivity contribution in [2.75, 3.05) is 6.54 Å². The van der Waals surface area contributed by atoms with Gasteiger partial charge in [-0.25, -0.2) is 0 Å². The van der Waals surface area contributed by atoms with Crippen LogP contribution in [-0.4, -0.2) is 12.1 Å². The van der Waals surface area contributed by atoms with Crippen molar-refractivity contribution in [1.82, 2.24) is 5.32 Å². The van der Waals surface area contributed by atoms with Crippen molar-refractivity contribution in [2.45, 2.75) is 79.2 Å². The first kappa shape index (κ1) is 18.2. The van der Waals surface area contributed by atoms with E-state index in [9.17, 15) is 0 Å². The van der Waals surface area contributed by atoms with Crippen LogP contribution in [0.1, 0.15) is 71.1 Å². The van der Waals surface area contributed by atoms with E-state index in [0.29, 0.717) is 0 Å². The Hall–Kier alpha value is -0.820. The predicted octanol–water partition coefficient (Wildman–Crippen LogP) is 5.16. The molecule has 0 aliphatic carbocycles. The Labute approximate surface area is 132 Å². The molecular formula is C20H35N. The lowest BCUT2D eigenvalue weighted by molar-refractivity contribution is 0.386. The third-order valence-electron chi connectivity index (χ3n) is 4.25. The predicted molar refractivity (Wildman–Crippen MR) is 95.1 cm³/mol. The average molecular weight is 290 g/mol. The van der Waals surface area contributed by atoms with Crippen LogP contribution in [0.25, 0.3) is 0 Å². The van der Waals surface area contributed by atoms with E-state index in [1.54, 1.807) is 0 Å². The van der Waals surface area contributed by atoms with Crippen LogP contribution in [0.5, 0.6) is 0 Å². The van der Waals surface area contributed by atoms with Crippen LogP contribution in [-0.2, 0) is 19.3 Å². The van der Waals surface area contributed by atoms with Gasteiger partial charge >= 0.3 is 0 Å². The highest BCUT2D eigenvalue weighted by molar-refractivity contribution is 5.32.